The van der Waals surface area contributed by atoms with Gasteiger partial charge in [-0.1, -0.05) is 22.9 Å². The van der Waals surface area contributed by atoms with Gasteiger partial charge in [0.25, 0.3) is 0 Å². The van der Waals surface area contributed by atoms with E-state index in [9.17, 15) is 0 Å². The molecule has 0 radical (unpaired) electrons. The van der Waals surface area contributed by atoms with Gasteiger partial charge in [-0.25, -0.2) is 4.98 Å². The number of methoxy groups -OCH3 is 1. The second-order valence-electron chi connectivity index (χ2n) is 4.59. The Balaban J connectivity index is 1.82. The van der Waals surface area contributed by atoms with Crippen molar-refractivity contribution in [3.63, 3.8) is 0 Å². The Kier molecular flexibility index (Phi) is 3.41. The number of halogens is 1. The van der Waals surface area contributed by atoms with E-state index >= 15 is 0 Å². The van der Waals surface area contributed by atoms with E-state index in [1.807, 2.05) is 18.2 Å². The molecule has 3 rings (SSSR count). The van der Waals surface area contributed by atoms with Crippen molar-refractivity contribution in [1.29, 1.82) is 0 Å². The fourth-order valence-electron chi connectivity index (χ4n) is 2.49. The van der Waals surface area contributed by atoms with E-state index in [-0.39, 0.29) is 0 Å². The second-order valence-corrected chi connectivity index (χ2v) is 6.05. The number of nitrogens with zero attached hydrogens (tertiary/aromatic N) is 1. The zero-order chi connectivity index (χ0) is 12.5. The monoisotopic (exact) mass is 282 g/mol. The Labute approximate surface area is 115 Å². The molecule has 1 aliphatic carbocycles. The summed E-state index contributed by atoms with van der Waals surface area (Å²) in [7, 11) is 1.78. The highest BCUT2D eigenvalue weighted by Gasteiger charge is 2.27. The van der Waals surface area contributed by atoms with Gasteiger partial charge < -0.3 is 10.1 Å². The molecule has 0 aliphatic heterocycles. The van der Waals surface area contributed by atoms with Crippen LogP contribution in [-0.2, 0) is 4.74 Å². The number of hydrogen-bond acceptors (Lipinski definition) is 4. The highest BCUT2D eigenvalue weighted by atomic mass is 35.5. The van der Waals surface area contributed by atoms with Gasteiger partial charge in [-0.05, 0) is 37.5 Å². The van der Waals surface area contributed by atoms with Crippen LogP contribution in [0.15, 0.2) is 18.2 Å². The Hall–Kier alpha value is -0.840. The summed E-state index contributed by atoms with van der Waals surface area (Å²) in [5.41, 5.74) is 0.960. The molecule has 5 heteroatoms. The molecule has 1 aromatic heterocycles. The van der Waals surface area contributed by atoms with Crippen LogP contribution in [0.1, 0.15) is 19.3 Å². The molecule has 1 saturated carbocycles. The molecule has 1 N–H and O–H groups in total. The van der Waals surface area contributed by atoms with Crippen molar-refractivity contribution in [3.05, 3.63) is 23.2 Å². The maximum absolute atomic E-state index is 5.97. The van der Waals surface area contributed by atoms with E-state index in [1.165, 1.54) is 6.42 Å². The first kappa shape index (κ1) is 12.2. The number of rotatable bonds is 3. The molecule has 0 saturated heterocycles. The van der Waals surface area contributed by atoms with Crippen molar-refractivity contribution in [2.45, 2.75) is 31.4 Å². The number of nitrogens with one attached hydrogen (secondary N) is 1. The van der Waals surface area contributed by atoms with Gasteiger partial charge in [0.15, 0.2) is 5.13 Å². The maximum atomic E-state index is 5.97. The Morgan fingerprint density at radius 1 is 1.44 bits per heavy atom. The molecular formula is C13H15ClN2OS. The molecule has 3 nitrogen and oxygen atoms in total. The standard InChI is InChI=1S/C13H15ClN2OS/c1-17-11-4-2-3-9(11)15-13-16-10-7-8(14)5-6-12(10)18-13/h5-7,9,11H,2-4H2,1H3,(H,15,16). The molecule has 2 unspecified atom stereocenters. The molecule has 1 aliphatic rings. The van der Waals surface area contributed by atoms with Gasteiger partial charge in [0.05, 0.1) is 22.4 Å². The van der Waals surface area contributed by atoms with Crippen molar-refractivity contribution in [3.8, 4) is 0 Å². The van der Waals surface area contributed by atoms with E-state index in [2.05, 4.69) is 10.3 Å². The third-order valence-corrected chi connectivity index (χ3v) is 4.62. The largest absolute Gasteiger partial charge is 0.379 e. The summed E-state index contributed by atoms with van der Waals surface area (Å²) in [4.78, 5) is 4.57. The Morgan fingerprint density at radius 2 is 2.33 bits per heavy atom. The fraction of sp³-hybridized carbons (Fsp3) is 0.462. The summed E-state index contributed by atoms with van der Waals surface area (Å²) in [6, 6.07) is 6.20. The zero-order valence-corrected chi connectivity index (χ0v) is 11.7. The van der Waals surface area contributed by atoms with Gasteiger partial charge in [0.2, 0.25) is 0 Å². The number of ether oxygens (including phenoxy) is 1. The van der Waals surface area contributed by atoms with Gasteiger partial charge in [0.1, 0.15) is 0 Å². The zero-order valence-electron chi connectivity index (χ0n) is 10.1. The van der Waals surface area contributed by atoms with Crippen molar-refractivity contribution in [2.24, 2.45) is 0 Å². The third kappa shape index (κ3) is 2.32. The number of thiazole rings is 1. The molecule has 96 valence electrons. The first-order valence-electron chi connectivity index (χ1n) is 6.11. The SMILES string of the molecule is COC1CCCC1Nc1nc2cc(Cl)ccc2s1. The summed E-state index contributed by atoms with van der Waals surface area (Å²) >= 11 is 7.64. The van der Waals surface area contributed by atoms with Gasteiger partial charge in [-0.15, -0.1) is 0 Å². The minimum atomic E-state index is 0.306. The van der Waals surface area contributed by atoms with Gasteiger partial charge >= 0.3 is 0 Å². The highest BCUT2D eigenvalue weighted by molar-refractivity contribution is 7.22. The Morgan fingerprint density at radius 3 is 3.17 bits per heavy atom. The van der Waals surface area contributed by atoms with Crippen LogP contribution in [0, 0.1) is 0 Å². The minimum Gasteiger partial charge on any atom is -0.379 e. The average Bonchev–Trinajstić information content (AvgIpc) is 2.94. The fourth-order valence-corrected chi connectivity index (χ4v) is 3.57. The lowest BCUT2D eigenvalue weighted by atomic mass is 10.2. The number of anilines is 1. The lowest BCUT2D eigenvalue weighted by Gasteiger charge is -2.18. The van der Waals surface area contributed by atoms with Gasteiger partial charge in [0, 0.05) is 12.1 Å². The van der Waals surface area contributed by atoms with Crippen molar-refractivity contribution in [2.75, 3.05) is 12.4 Å². The van der Waals surface area contributed by atoms with E-state index in [0.29, 0.717) is 12.1 Å². The third-order valence-electron chi connectivity index (χ3n) is 3.41. The topological polar surface area (TPSA) is 34.1 Å². The number of aromatic nitrogens is 1. The quantitative estimate of drug-likeness (QED) is 0.926. The van der Waals surface area contributed by atoms with E-state index in [4.69, 9.17) is 16.3 Å². The van der Waals surface area contributed by atoms with Crippen LogP contribution in [0.5, 0.6) is 0 Å². The van der Waals surface area contributed by atoms with Crippen LogP contribution in [0.25, 0.3) is 10.2 Å². The van der Waals surface area contributed by atoms with Crippen molar-refractivity contribution >= 4 is 38.3 Å². The normalized spacial score (nSPS) is 23.7. The first-order chi connectivity index (χ1) is 8.76. The van der Waals surface area contributed by atoms with E-state index in [1.54, 1.807) is 18.4 Å². The lowest BCUT2D eigenvalue weighted by molar-refractivity contribution is 0.101. The summed E-state index contributed by atoms with van der Waals surface area (Å²) in [5.74, 6) is 0. The molecule has 0 amide bonds. The second kappa shape index (κ2) is 5.03. The Bertz CT molecular complexity index is 557. The molecular weight excluding hydrogens is 268 g/mol. The molecule has 1 fully saturated rings. The predicted octanol–water partition coefficient (Wildman–Crippen LogP) is 3.93. The molecule has 0 spiro atoms. The van der Waals surface area contributed by atoms with E-state index < -0.39 is 0 Å². The molecule has 1 heterocycles. The highest BCUT2D eigenvalue weighted by Crippen LogP contribution is 2.31. The summed E-state index contributed by atoms with van der Waals surface area (Å²) in [5, 5.41) is 5.18. The summed E-state index contributed by atoms with van der Waals surface area (Å²) < 4.78 is 6.64. The number of hydrogen-bond donors (Lipinski definition) is 1. The minimum absolute atomic E-state index is 0.306. The number of benzene rings is 1. The lowest BCUT2D eigenvalue weighted by Crippen LogP contribution is -2.29. The predicted molar refractivity (Wildman–Crippen MR) is 76.7 cm³/mol. The van der Waals surface area contributed by atoms with Crippen LogP contribution in [0.2, 0.25) is 5.02 Å². The average molecular weight is 283 g/mol. The molecule has 2 aromatic rings. The van der Waals surface area contributed by atoms with Crippen LogP contribution < -0.4 is 5.32 Å². The van der Waals surface area contributed by atoms with Crippen LogP contribution in [0.3, 0.4) is 0 Å². The van der Waals surface area contributed by atoms with E-state index in [0.717, 1.165) is 33.2 Å². The number of fused-ring (bicyclic) bond motifs is 1. The van der Waals surface area contributed by atoms with Gasteiger partial charge in [-0.2, -0.15) is 0 Å². The molecule has 1 aromatic carbocycles. The van der Waals surface area contributed by atoms with Crippen LogP contribution >= 0.6 is 22.9 Å². The van der Waals surface area contributed by atoms with Crippen LogP contribution in [0.4, 0.5) is 5.13 Å². The molecule has 2 atom stereocenters. The molecule has 18 heavy (non-hydrogen) atoms. The van der Waals surface area contributed by atoms with Crippen molar-refractivity contribution in [1.82, 2.24) is 4.98 Å². The van der Waals surface area contributed by atoms with Crippen LogP contribution in [-0.4, -0.2) is 24.2 Å². The maximum Gasteiger partial charge on any atom is 0.184 e. The smallest absolute Gasteiger partial charge is 0.184 e. The molecule has 0 bridgehead atoms. The van der Waals surface area contributed by atoms with Crippen molar-refractivity contribution < 1.29 is 4.74 Å². The van der Waals surface area contributed by atoms with Gasteiger partial charge in [-0.3, -0.25) is 0 Å². The first-order valence-corrected chi connectivity index (χ1v) is 7.31. The summed E-state index contributed by atoms with van der Waals surface area (Å²) in [6.07, 6.45) is 3.80. The summed E-state index contributed by atoms with van der Waals surface area (Å²) in [6.45, 7) is 0.